The van der Waals surface area contributed by atoms with Crippen molar-refractivity contribution in [2.75, 3.05) is 6.61 Å². The molecule has 0 bridgehead atoms. The maximum atomic E-state index is 9.98. The molecule has 118 valence electrons. The Hall–Kier alpha value is -1.42. The van der Waals surface area contributed by atoms with E-state index in [2.05, 4.69) is 6.07 Å². The number of nitriles is 1. The molecule has 0 fully saturated rings. The van der Waals surface area contributed by atoms with Crippen LogP contribution in [0.5, 0.6) is 11.5 Å². The number of phenolic OH excluding ortho intramolecular Hbond substituents is 1. The van der Waals surface area contributed by atoms with E-state index in [4.69, 9.17) is 27.9 Å². The fourth-order valence-corrected chi connectivity index (χ4v) is 2.88. The first-order chi connectivity index (χ1) is 11.0. The molecule has 2 aromatic rings. The zero-order chi connectivity index (χ0) is 17.0. The van der Waals surface area contributed by atoms with E-state index in [1.165, 1.54) is 0 Å². The fraction of sp³-hybridized carbons (Fsp3) is 0.118. The summed E-state index contributed by atoms with van der Waals surface area (Å²) in [6.45, 7) is 2.28. The molecule has 0 aliphatic heterocycles. The molecule has 2 rings (SSSR count). The summed E-state index contributed by atoms with van der Waals surface area (Å²) in [5.74, 6) is 0.481. The van der Waals surface area contributed by atoms with Crippen molar-refractivity contribution in [3.05, 3.63) is 55.1 Å². The van der Waals surface area contributed by atoms with Gasteiger partial charge in [-0.25, -0.2) is 0 Å². The van der Waals surface area contributed by atoms with Gasteiger partial charge in [-0.1, -0.05) is 29.3 Å². The molecular formula is C17H12Cl2INO2. The summed E-state index contributed by atoms with van der Waals surface area (Å²) in [5.41, 5.74) is 1.86. The zero-order valence-corrected chi connectivity index (χ0v) is 15.8. The number of nitrogens with zero attached hydrogens (tertiary/aromatic N) is 1. The Bertz CT molecular complexity index is 813. The van der Waals surface area contributed by atoms with Crippen molar-refractivity contribution in [3.63, 3.8) is 0 Å². The highest BCUT2D eigenvalue weighted by molar-refractivity contribution is 14.1. The van der Waals surface area contributed by atoms with E-state index in [9.17, 15) is 10.4 Å². The van der Waals surface area contributed by atoms with Crippen LogP contribution >= 0.6 is 45.8 Å². The van der Waals surface area contributed by atoms with Crippen LogP contribution in [0, 0.1) is 14.9 Å². The number of halogens is 3. The summed E-state index contributed by atoms with van der Waals surface area (Å²) in [7, 11) is 0. The second-order valence-electron chi connectivity index (χ2n) is 4.58. The van der Waals surface area contributed by atoms with Crippen LogP contribution in [0.2, 0.25) is 10.0 Å². The van der Waals surface area contributed by atoms with Gasteiger partial charge >= 0.3 is 0 Å². The molecular weight excluding hydrogens is 448 g/mol. The van der Waals surface area contributed by atoms with E-state index in [1.807, 2.05) is 29.5 Å². The van der Waals surface area contributed by atoms with E-state index in [1.54, 1.807) is 36.4 Å². The predicted octanol–water partition coefficient (Wildman–Crippen LogP) is 5.77. The Morgan fingerprint density at radius 1 is 1.30 bits per heavy atom. The highest BCUT2D eigenvalue weighted by atomic mass is 127. The fourth-order valence-electron chi connectivity index (χ4n) is 1.95. The average molecular weight is 460 g/mol. The van der Waals surface area contributed by atoms with Gasteiger partial charge in [0.1, 0.15) is 0 Å². The third-order valence-electron chi connectivity index (χ3n) is 3.01. The third-order valence-corrected chi connectivity index (χ3v) is 4.57. The van der Waals surface area contributed by atoms with Crippen molar-refractivity contribution in [2.24, 2.45) is 0 Å². The van der Waals surface area contributed by atoms with Gasteiger partial charge in [0.15, 0.2) is 11.5 Å². The molecule has 0 spiro atoms. The van der Waals surface area contributed by atoms with Crippen LogP contribution in [0.4, 0.5) is 0 Å². The van der Waals surface area contributed by atoms with Crippen molar-refractivity contribution in [1.82, 2.24) is 0 Å². The van der Waals surface area contributed by atoms with Gasteiger partial charge in [0.05, 0.1) is 31.9 Å². The van der Waals surface area contributed by atoms with E-state index in [0.717, 1.165) is 5.56 Å². The summed E-state index contributed by atoms with van der Waals surface area (Å²) < 4.78 is 6.05. The molecule has 0 aliphatic rings. The van der Waals surface area contributed by atoms with Gasteiger partial charge in [-0.15, -0.1) is 0 Å². The van der Waals surface area contributed by atoms with Crippen LogP contribution in [0.15, 0.2) is 30.3 Å². The van der Waals surface area contributed by atoms with E-state index < -0.39 is 0 Å². The molecule has 1 N–H and O–H groups in total. The molecule has 0 amide bonds. The quantitative estimate of drug-likeness (QED) is 0.359. The van der Waals surface area contributed by atoms with E-state index in [0.29, 0.717) is 37.1 Å². The van der Waals surface area contributed by atoms with Crippen molar-refractivity contribution in [2.45, 2.75) is 6.92 Å². The Morgan fingerprint density at radius 2 is 2.04 bits per heavy atom. The molecule has 0 saturated heterocycles. The number of aromatic hydroxyl groups is 1. The van der Waals surface area contributed by atoms with Crippen LogP contribution in [-0.4, -0.2) is 11.7 Å². The first-order valence-electron chi connectivity index (χ1n) is 6.68. The van der Waals surface area contributed by atoms with Gasteiger partial charge in [0, 0.05) is 0 Å². The minimum atomic E-state index is 0.0950. The average Bonchev–Trinajstić information content (AvgIpc) is 2.52. The standard InChI is InChI=1S/C17H12Cl2INO2/c1-2-23-16-7-10(6-15(20)17(16)22)5-12(9-21)11-3-4-13(18)14(19)8-11/h3-8,22H,2H2,1H3/b12-5-. The lowest BCUT2D eigenvalue weighted by Gasteiger charge is -2.09. The molecule has 0 unspecified atom stereocenters. The maximum Gasteiger partial charge on any atom is 0.171 e. The number of allylic oxidation sites excluding steroid dienone is 1. The van der Waals surface area contributed by atoms with Crippen LogP contribution in [0.1, 0.15) is 18.1 Å². The molecule has 3 nitrogen and oxygen atoms in total. The molecule has 0 aliphatic carbocycles. The van der Waals surface area contributed by atoms with Gasteiger partial charge in [0.25, 0.3) is 0 Å². The number of rotatable bonds is 4. The summed E-state index contributed by atoms with van der Waals surface area (Å²) in [6, 6.07) is 10.6. The topological polar surface area (TPSA) is 53.2 Å². The number of phenols is 1. The highest BCUT2D eigenvalue weighted by Crippen LogP contribution is 2.34. The van der Waals surface area contributed by atoms with Gasteiger partial charge in [-0.05, 0) is 71.0 Å². The molecule has 0 radical (unpaired) electrons. The minimum Gasteiger partial charge on any atom is -0.504 e. The Balaban J connectivity index is 2.49. The third kappa shape index (κ3) is 4.31. The lowest BCUT2D eigenvalue weighted by Crippen LogP contribution is -1.94. The lowest BCUT2D eigenvalue weighted by atomic mass is 10.0. The minimum absolute atomic E-state index is 0.0950. The molecule has 23 heavy (non-hydrogen) atoms. The number of benzene rings is 2. The number of hydrogen-bond donors (Lipinski definition) is 1. The number of hydrogen-bond acceptors (Lipinski definition) is 3. The first-order valence-corrected chi connectivity index (χ1v) is 8.52. The zero-order valence-electron chi connectivity index (χ0n) is 12.1. The summed E-state index contributed by atoms with van der Waals surface area (Å²) >= 11 is 13.9. The molecule has 2 aromatic carbocycles. The van der Waals surface area contributed by atoms with Crippen molar-refractivity contribution >= 4 is 57.4 Å². The normalized spacial score (nSPS) is 11.2. The lowest BCUT2D eigenvalue weighted by molar-refractivity contribution is 0.317. The largest absolute Gasteiger partial charge is 0.504 e. The smallest absolute Gasteiger partial charge is 0.171 e. The maximum absolute atomic E-state index is 9.98. The van der Waals surface area contributed by atoms with Gasteiger partial charge in [-0.2, -0.15) is 5.26 Å². The van der Waals surface area contributed by atoms with Crippen molar-refractivity contribution < 1.29 is 9.84 Å². The van der Waals surface area contributed by atoms with Crippen LogP contribution in [-0.2, 0) is 0 Å². The molecule has 6 heteroatoms. The van der Waals surface area contributed by atoms with Gasteiger partial charge in [-0.3, -0.25) is 0 Å². The van der Waals surface area contributed by atoms with Crippen molar-refractivity contribution in [3.8, 4) is 17.6 Å². The second-order valence-corrected chi connectivity index (χ2v) is 6.56. The number of ether oxygens (including phenoxy) is 1. The molecule has 0 saturated carbocycles. The van der Waals surface area contributed by atoms with E-state index >= 15 is 0 Å². The predicted molar refractivity (Wildman–Crippen MR) is 102 cm³/mol. The Kier molecular flexibility index (Phi) is 6.17. The monoisotopic (exact) mass is 459 g/mol. The van der Waals surface area contributed by atoms with Gasteiger partial charge in [0.2, 0.25) is 0 Å². The Morgan fingerprint density at radius 3 is 2.65 bits per heavy atom. The molecule has 0 atom stereocenters. The summed E-state index contributed by atoms with van der Waals surface area (Å²) in [4.78, 5) is 0. The van der Waals surface area contributed by atoms with Crippen LogP contribution < -0.4 is 4.74 Å². The molecule has 0 aromatic heterocycles. The van der Waals surface area contributed by atoms with Gasteiger partial charge < -0.3 is 9.84 Å². The van der Waals surface area contributed by atoms with E-state index in [-0.39, 0.29) is 5.75 Å². The second kappa shape index (κ2) is 7.91. The SMILES string of the molecule is CCOc1cc(/C=C(/C#N)c2ccc(Cl)c(Cl)c2)cc(I)c1O. The summed E-state index contributed by atoms with van der Waals surface area (Å²) in [6.07, 6.45) is 1.71. The Labute approximate surface area is 158 Å². The van der Waals surface area contributed by atoms with Crippen LogP contribution in [0.25, 0.3) is 11.6 Å². The highest BCUT2D eigenvalue weighted by Gasteiger charge is 2.10. The van der Waals surface area contributed by atoms with Crippen molar-refractivity contribution in [1.29, 1.82) is 5.26 Å². The first kappa shape index (κ1) is 17.9. The van der Waals surface area contributed by atoms with Crippen LogP contribution in [0.3, 0.4) is 0 Å². The summed E-state index contributed by atoms with van der Waals surface area (Å²) in [5, 5.41) is 20.2. The molecule has 0 heterocycles.